The van der Waals surface area contributed by atoms with Crippen LogP contribution in [-0.2, 0) is 5.75 Å². The molecule has 0 spiro atoms. The van der Waals surface area contributed by atoms with Crippen molar-refractivity contribution >= 4 is 23.0 Å². The van der Waals surface area contributed by atoms with E-state index in [1.165, 1.54) is 22.9 Å². The van der Waals surface area contributed by atoms with Crippen LogP contribution in [-0.4, -0.2) is 5.17 Å². The van der Waals surface area contributed by atoms with Gasteiger partial charge < -0.3 is 5.73 Å². The lowest BCUT2D eigenvalue weighted by molar-refractivity contribution is 1.33. The summed E-state index contributed by atoms with van der Waals surface area (Å²) in [4.78, 5) is 0. The molecular weight excluding hydrogens is 192 g/mol. The van der Waals surface area contributed by atoms with Crippen LogP contribution in [0.5, 0.6) is 0 Å². The number of rotatable bonds is 3. The second-order valence-corrected chi connectivity index (χ2v) is 4.02. The third-order valence-electron chi connectivity index (χ3n) is 2.00. The number of hydrogen-bond donors (Lipinski definition) is 2. The Morgan fingerprint density at radius 1 is 1.64 bits per heavy atom. The highest BCUT2D eigenvalue weighted by molar-refractivity contribution is 8.13. The molecule has 0 amide bonds. The highest BCUT2D eigenvalue weighted by atomic mass is 32.2. The van der Waals surface area contributed by atoms with Crippen molar-refractivity contribution < 1.29 is 0 Å². The Bertz CT molecular complexity index is 358. The van der Waals surface area contributed by atoms with Crippen molar-refractivity contribution in [1.82, 2.24) is 0 Å². The number of benzene rings is 1. The van der Waals surface area contributed by atoms with Crippen molar-refractivity contribution in [2.24, 2.45) is 5.73 Å². The minimum atomic E-state index is 0.154. The molecule has 0 heterocycles. The van der Waals surface area contributed by atoms with Crippen molar-refractivity contribution in [1.29, 1.82) is 5.41 Å². The summed E-state index contributed by atoms with van der Waals surface area (Å²) < 4.78 is 0. The number of nitrogens with two attached hydrogens (primary N) is 1. The molecule has 3 heteroatoms. The fourth-order valence-electron chi connectivity index (χ4n) is 1.31. The summed E-state index contributed by atoms with van der Waals surface area (Å²) in [7, 11) is 0. The van der Waals surface area contributed by atoms with Gasteiger partial charge in [-0.25, -0.2) is 0 Å². The van der Waals surface area contributed by atoms with E-state index in [9.17, 15) is 0 Å². The summed E-state index contributed by atoms with van der Waals surface area (Å²) in [5.41, 5.74) is 8.83. The van der Waals surface area contributed by atoms with E-state index in [4.69, 9.17) is 11.1 Å². The Kier molecular flexibility index (Phi) is 3.77. The normalized spacial score (nSPS) is 9.79. The molecule has 0 aliphatic carbocycles. The lowest BCUT2D eigenvalue weighted by Crippen LogP contribution is -2.04. The first kappa shape index (κ1) is 10.9. The maximum absolute atomic E-state index is 7.14. The molecule has 0 atom stereocenters. The molecule has 74 valence electrons. The van der Waals surface area contributed by atoms with Crippen molar-refractivity contribution in [2.75, 3.05) is 0 Å². The van der Waals surface area contributed by atoms with E-state index in [0.717, 1.165) is 11.3 Å². The molecule has 2 nitrogen and oxygen atoms in total. The van der Waals surface area contributed by atoms with E-state index in [2.05, 4.69) is 19.6 Å². The standard InChI is InChI=1S/C11H14N2S/c1-3-10-8(2)5-4-6-9(10)7-14-11(12)13/h3-6H,1,7H2,2H3,(H3,12,13). The second kappa shape index (κ2) is 4.86. The van der Waals surface area contributed by atoms with Crippen LogP contribution in [0.15, 0.2) is 24.8 Å². The van der Waals surface area contributed by atoms with Crippen molar-refractivity contribution in [3.05, 3.63) is 41.5 Å². The van der Waals surface area contributed by atoms with Crippen LogP contribution in [0.4, 0.5) is 0 Å². The number of aryl methyl sites for hydroxylation is 1. The van der Waals surface area contributed by atoms with E-state index < -0.39 is 0 Å². The van der Waals surface area contributed by atoms with Gasteiger partial charge >= 0.3 is 0 Å². The molecule has 3 N–H and O–H groups in total. The number of amidine groups is 1. The van der Waals surface area contributed by atoms with Gasteiger partial charge in [0.1, 0.15) is 0 Å². The van der Waals surface area contributed by atoms with Gasteiger partial charge in [-0.3, -0.25) is 5.41 Å². The molecule has 1 aromatic carbocycles. The largest absolute Gasteiger partial charge is 0.379 e. The molecule has 0 aliphatic heterocycles. The fraction of sp³-hybridized carbons (Fsp3) is 0.182. The van der Waals surface area contributed by atoms with Gasteiger partial charge in [0, 0.05) is 5.75 Å². The average Bonchev–Trinajstić information content (AvgIpc) is 2.14. The Labute approximate surface area is 88.7 Å². The summed E-state index contributed by atoms with van der Waals surface area (Å²) in [5, 5.41) is 7.29. The highest BCUT2D eigenvalue weighted by Crippen LogP contribution is 2.20. The van der Waals surface area contributed by atoms with Gasteiger partial charge in [-0.2, -0.15) is 0 Å². The minimum absolute atomic E-state index is 0.154. The van der Waals surface area contributed by atoms with E-state index in [-0.39, 0.29) is 5.17 Å². The van der Waals surface area contributed by atoms with Crippen LogP contribution in [0.2, 0.25) is 0 Å². The second-order valence-electron chi connectivity index (χ2n) is 3.00. The minimum Gasteiger partial charge on any atom is -0.379 e. The van der Waals surface area contributed by atoms with E-state index in [0.29, 0.717) is 0 Å². The first-order chi connectivity index (χ1) is 6.65. The molecule has 1 rings (SSSR count). The van der Waals surface area contributed by atoms with Gasteiger partial charge in [0.15, 0.2) is 5.17 Å². The lowest BCUT2D eigenvalue weighted by atomic mass is 10.0. The predicted octanol–water partition coefficient (Wildman–Crippen LogP) is 2.76. The quantitative estimate of drug-likeness (QED) is 0.590. The molecule has 0 aromatic heterocycles. The summed E-state index contributed by atoms with van der Waals surface area (Å²) in [6.07, 6.45) is 1.85. The molecule has 0 unspecified atom stereocenters. The first-order valence-electron chi connectivity index (χ1n) is 4.33. The maximum atomic E-state index is 7.14. The zero-order chi connectivity index (χ0) is 10.6. The number of thioether (sulfide) groups is 1. The first-order valence-corrected chi connectivity index (χ1v) is 5.31. The van der Waals surface area contributed by atoms with Crippen LogP contribution >= 0.6 is 11.8 Å². The highest BCUT2D eigenvalue weighted by Gasteiger charge is 2.02. The summed E-state index contributed by atoms with van der Waals surface area (Å²) in [5.74, 6) is 0.734. The molecule has 0 bridgehead atoms. The average molecular weight is 206 g/mol. The van der Waals surface area contributed by atoms with E-state index in [1.807, 2.05) is 18.2 Å². The molecular formula is C11H14N2S. The summed E-state index contributed by atoms with van der Waals surface area (Å²) in [6, 6.07) is 6.11. The van der Waals surface area contributed by atoms with Gasteiger partial charge in [0.2, 0.25) is 0 Å². The van der Waals surface area contributed by atoms with Gasteiger partial charge in [-0.05, 0) is 23.6 Å². The van der Waals surface area contributed by atoms with Gasteiger partial charge in [-0.15, -0.1) is 0 Å². The molecule has 14 heavy (non-hydrogen) atoms. The molecule has 1 aromatic rings. The zero-order valence-corrected chi connectivity index (χ0v) is 9.03. The van der Waals surface area contributed by atoms with Crippen LogP contribution in [0.3, 0.4) is 0 Å². The third kappa shape index (κ3) is 2.64. The van der Waals surface area contributed by atoms with E-state index >= 15 is 0 Å². The van der Waals surface area contributed by atoms with Gasteiger partial charge in [0.25, 0.3) is 0 Å². The molecule has 0 fully saturated rings. The van der Waals surface area contributed by atoms with Crippen molar-refractivity contribution in [3.63, 3.8) is 0 Å². The van der Waals surface area contributed by atoms with Crippen LogP contribution < -0.4 is 5.73 Å². The SMILES string of the molecule is C=Cc1c(C)cccc1CSC(=N)N. The maximum Gasteiger partial charge on any atom is 0.151 e. The molecule has 0 saturated carbocycles. The topological polar surface area (TPSA) is 49.9 Å². The Morgan fingerprint density at radius 2 is 2.36 bits per heavy atom. The van der Waals surface area contributed by atoms with Crippen LogP contribution in [0, 0.1) is 12.3 Å². The Morgan fingerprint density at radius 3 is 2.93 bits per heavy atom. The zero-order valence-electron chi connectivity index (χ0n) is 8.21. The van der Waals surface area contributed by atoms with E-state index in [1.54, 1.807) is 0 Å². The predicted molar refractivity (Wildman–Crippen MR) is 64.5 cm³/mol. The monoisotopic (exact) mass is 206 g/mol. The summed E-state index contributed by atoms with van der Waals surface area (Å²) >= 11 is 1.34. The summed E-state index contributed by atoms with van der Waals surface area (Å²) in [6.45, 7) is 5.84. The smallest absolute Gasteiger partial charge is 0.151 e. The van der Waals surface area contributed by atoms with Gasteiger partial charge in [-0.1, -0.05) is 42.6 Å². The lowest BCUT2D eigenvalue weighted by Gasteiger charge is -2.07. The Hall–Kier alpha value is -1.22. The number of nitrogens with one attached hydrogen (secondary N) is 1. The van der Waals surface area contributed by atoms with Crippen LogP contribution in [0.25, 0.3) is 6.08 Å². The van der Waals surface area contributed by atoms with Crippen molar-refractivity contribution in [2.45, 2.75) is 12.7 Å². The van der Waals surface area contributed by atoms with Gasteiger partial charge in [0.05, 0.1) is 0 Å². The molecule has 0 saturated heterocycles. The van der Waals surface area contributed by atoms with Crippen molar-refractivity contribution in [3.8, 4) is 0 Å². The third-order valence-corrected chi connectivity index (χ3v) is 2.77. The molecule has 0 radical (unpaired) electrons. The fourth-order valence-corrected chi connectivity index (χ4v) is 1.88. The van der Waals surface area contributed by atoms with Crippen LogP contribution in [0.1, 0.15) is 16.7 Å². The number of hydrogen-bond acceptors (Lipinski definition) is 2. The molecule has 0 aliphatic rings. The Balaban J connectivity index is 2.90.